The molecule has 0 spiro atoms. The van der Waals surface area contributed by atoms with E-state index in [0.717, 1.165) is 25.2 Å². The van der Waals surface area contributed by atoms with E-state index < -0.39 is 71.6 Å². The van der Waals surface area contributed by atoms with E-state index in [4.69, 9.17) is 24.8 Å². The van der Waals surface area contributed by atoms with Crippen LogP contribution in [-0.4, -0.2) is 71.2 Å². The van der Waals surface area contributed by atoms with E-state index in [1.807, 2.05) is 0 Å². The van der Waals surface area contributed by atoms with Crippen molar-refractivity contribution in [3.63, 3.8) is 0 Å². The predicted molar refractivity (Wildman–Crippen MR) is 124 cm³/mol. The van der Waals surface area contributed by atoms with Crippen LogP contribution in [0.15, 0.2) is 10.5 Å². The summed E-state index contributed by atoms with van der Waals surface area (Å²) in [4.78, 5) is 68.9. The molecule has 1 unspecified atom stereocenters. The number of carboxylic acids is 1. The summed E-state index contributed by atoms with van der Waals surface area (Å²) in [5.41, 5.74) is 2.44. The Morgan fingerprint density at radius 1 is 1.24 bits per heavy atom. The van der Waals surface area contributed by atoms with E-state index in [-0.39, 0.29) is 40.4 Å². The number of aromatic nitrogens is 1. The summed E-state index contributed by atoms with van der Waals surface area (Å²) < 4.78 is 15.1. The van der Waals surface area contributed by atoms with Gasteiger partial charge in [0.25, 0.3) is 5.91 Å². The Bertz CT molecular complexity index is 1100. The molecular formula is C21H28N5NaO10S. The Hall–Kier alpha value is -2.79. The van der Waals surface area contributed by atoms with Gasteiger partial charge in [0.1, 0.15) is 5.69 Å². The van der Waals surface area contributed by atoms with Gasteiger partial charge in [-0.2, -0.15) is 0 Å². The number of amides is 2. The fourth-order valence-corrected chi connectivity index (χ4v) is 2.91. The number of carbonyl (C=O) groups is 5. The fourth-order valence-electron chi connectivity index (χ4n) is 2.37. The Labute approximate surface area is 244 Å². The third-order valence-corrected chi connectivity index (χ3v) is 5.35. The summed E-state index contributed by atoms with van der Waals surface area (Å²) in [7, 11) is 0. The normalized spacial score (nSPS) is 18.2. The second-order valence-electron chi connectivity index (χ2n) is 9.32. The molecule has 1 aliphatic rings. The Balaban J connectivity index is 0.00000722. The van der Waals surface area contributed by atoms with Crippen LogP contribution in [0.25, 0.3) is 0 Å². The molecule has 1 fully saturated rings. The summed E-state index contributed by atoms with van der Waals surface area (Å²) in [5, 5.41) is 21.0. The number of nitrogens with two attached hydrogens (primary N) is 1. The van der Waals surface area contributed by atoms with Gasteiger partial charge in [-0.1, -0.05) is 5.16 Å². The van der Waals surface area contributed by atoms with Crippen LogP contribution in [0.5, 0.6) is 0 Å². The topological polar surface area (TPSA) is 221 Å². The summed E-state index contributed by atoms with van der Waals surface area (Å²) in [6, 6.07) is -1.25. The molecule has 0 aliphatic carbocycles. The molecule has 1 aromatic rings. The smallest absolute Gasteiger partial charge is 0.546 e. The average Bonchev–Trinajstić information content (AvgIpc) is 3.21. The minimum atomic E-state index is -1.89. The van der Waals surface area contributed by atoms with Crippen LogP contribution in [0.3, 0.4) is 0 Å². The Morgan fingerprint density at radius 2 is 1.87 bits per heavy atom. The van der Waals surface area contributed by atoms with Gasteiger partial charge >= 0.3 is 41.5 Å². The van der Waals surface area contributed by atoms with Gasteiger partial charge in [-0.05, 0) is 41.5 Å². The first-order chi connectivity index (χ1) is 17.0. The van der Waals surface area contributed by atoms with Crippen LogP contribution in [0.1, 0.15) is 47.2 Å². The van der Waals surface area contributed by atoms with Gasteiger partial charge in [-0.15, -0.1) is 11.3 Å². The molecule has 1 aliphatic heterocycles. The molecule has 3 atom stereocenters. The Kier molecular flexibility index (Phi) is 11.7. The summed E-state index contributed by atoms with van der Waals surface area (Å²) >= 11 is 0.985. The quantitative estimate of drug-likeness (QED) is 0.0576. The van der Waals surface area contributed by atoms with Crippen LogP contribution >= 0.6 is 11.3 Å². The maximum Gasteiger partial charge on any atom is 1.00 e. The van der Waals surface area contributed by atoms with Gasteiger partial charge in [0.05, 0.1) is 11.4 Å². The number of β-lactam (4-membered cyclic amide) rings is 1. The monoisotopic (exact) mass is 565 g/mol. The molecule has 0 radical (unpaired) electrons. The number of ether oxygens (including phenoxy) is 3. The molecule has 1 saturated heterocycles. The number of anilines is 1. The van der Waals surface area contributed by atoms with Crippen molar-refractivity contribution in [2.45, 2.75) is 65.5 Å². The number of nitrogens with one attached hydrogen (secondary N) is 2. The van der Waals surface area contributed by atoms with E-state index in [2.05, 4.69) is 20.8 Å². The maximum atomic E-state index is 12.9. The second kappa shape index (κ2) is 13.3. The molecule has 0 aromatic carbocycles. The van der Waals surface area contributed by atoms with Gasteiger partial charge in [0.15, 0.2) is 34.8 Å². The summed E-state index contributed by atoms with van der Waals surface area (Å²) in [5.74, 6) is -4.64. The number of nitrogens with zero attached hydrogens (tertiary/aromatic N) is 2. The van der Waals surface area contributed by atoms with Crippen molar-refractivity contribution in [3.05, 3.63) is 11.1 Å². The molecule has 15 nitrogen and oxygen atoms in total. The number of esters is 2. The molecule has 2 amide bonds. The van der Waals surface area contributed by atoms with E-state index in [1.165, 1.54) is 12.3 Å². The molecule has 1 aromatic heterocycles. The average molecular weight is 566 g/mol. The number of rotatable bonds is 11. The third-order valence-electron chi connectivity index (χ3n) is 4.68. The fraction of sp³-hybridized carbons (Fsp3) is 0.571. The zero-order valence-corrected chi connectivity index (χ0v) is 24.8. The zero-order chi connectivity index (χ0) is 28.1. The minimum Gasteiger partial charge on any atom is -0.546 e. The van der Waals surface area contributed by atoms with Crippen molar-refractivity contribution in [3.8, 4) is 0 Å². The molecule has 17 heteroatoms. The molecule has 2 heterocycles. The number of carboxylic acid groups (broad SMARTS) is 1. The third kappa shape index (κ3) is 8.90. The van der Waals surface area contributed by atoms with Crippen molar-refractivity contribution in [1.29, 1.82) is 0 Å². The molecule has 38 heavy (non-hydrogen) atoms. The van der Waals surface area contributed by atoms with E-state index in [0.29, 0.717) is 0 Å². The number of hydrogen-bond acceptors (Lipinski definition) is 14. The molecule has 204 valence electrons. The van der Waals surface area contributed by atoms with Crippen LogP contribution in [-0.2, 0) is 43.0 Å². The number of thiazole rings is 1. The minimum absolute atomic E-state index is 0. The van der Waals surface area contributed by atoms with E-state index in [9.17, 15) is 29.1 Å². The number of carbonyl (C=O) groups excluding carboxylic acids is 5. The van der Waals surface area contributed by atoms with Crippen LogP contribution < -0.4 is 51.0 Å². The van der Waals surface area contributed by atoms with Gasteiger partial charge < -0.3 is 45.3 Å². The van der Waals surface area contributed by atoms with Gasteiger partial charge in [-0.25, -0.2) is 9.78 Å². The number of nitrogen functional groups attached to an aromatic ring is 1. The van der Waals surface area contributed by atoms with Gasteiger partial charge in [0, 0.05) is 5.38 Å². The van der Waals surface area contributed by atoms with Gasteiger partial charge in [0.2, 0.25) is 12.7 Å². The van der Waals surface area contributed by atoms with Crippen molar-refractivity contribution < 1.29 is 77.7 Å². The van der Waals surface area contributed by atoms with Gasteiger partial charge in [-0.3, -0.25) is 14.4 Å². The number of hydrogen-bond donors (Lipinski definition) is 3. The number of aliphatic carboxylic acids is 1. The zero-order valence-electron chi connectivity index (χ0n) is 22.0. The van der Waals surface area contributed by atoms with Crippen LogP contribution in [0.2, 0.25) is 0 Å². The Morgan fingerprint density at radius 3 is 2.37 bits per heavy atom. The van der Waals surface area contributed by atoms with E-state index >= 15 is 0 Å². The molecule has 0 saturated carbocycles. The first-order valence-corrected chi connectivity index (χ1v) is 11.7. The van der Waals surface area contributed by atoms with Crippen molar-refractivity contribution in [1.82, 2.24) is 15.6 Å². The molecular weight excluding hydrogens is 537 g/mol. The largest absolute Gasteiger partial charge is 1.00 e. The van der Waals surface area contributed by atoms with Crippen molar-refractivity contribution >= 4 is 51.9 Å². The SMILES string of the molecule is CC(O[C@@H]1NC(=O)[C@H]1NC(=O)/C(=N\OC(C)(C)C(=O)[O-])c1csc(N)n1)C(=O)OCOC(=O)C(C)(C)C.[Na+]. The first-order valence-electron chi connectivity index (χ1n) is 10.8. The predicted octanol–water partition coefficient (Wildman–Crippen LogP) is -4.59. The summed E-state index contributed by atoms with van der Waals surface area (Å²) in [6.45, 7) is 7.91. The van der Waals surface area contributed by atoms with Crippen molar-refractivity contribution in [2.24, 2.45) is 10.6 Å². The summed E-state index contributed by atoms with van der Waals surface area (Å²) in [6.07, 6.45) is -2.34. The van der Waals surface area contributed by atoms with Crippen molar-refractivity contribution in [2.75, 3.05) is 12.5 Å². The van der Waals surface area contributed by atoms with E-state index in [1.54, 1.807) is 20.8 Å². The second-order valence-corrected chi connectivity index (χ2v) is 10.2. The van der Waals surface area contributed by atoms with Crippen LogP contribution in [0, 0.1) is 5.41 Å². The molecule has 2 rings (SSSR count). The standard InChI is InChI=1S/C21H29N5O10S.Na/c1-9(16(29)33-8-34-18(32)20(2,3)4)35-15-12(14(28)25-15)24-13(27)11(10-7-37-19(22)23-10)26-36-21(5,6)17(30)31;/h7,9,12,15H,8H2,1-6H3,(H2,22,23)(H,24,27)(H,25,28)(H,30,31);/q;+1/p-1/b26-11-;/t9?,12-,15+;/m1./s1. The maximum absolute atomic E-state index is 12.9. The number of oxime groups is 1. The molecule has 0 bridgehead atoms. The van der Waals surface area contributed by atoms with Crippen LogP contribution in [0.4, 0.5) is 5.13 Å². The first kappa shape index (κ1) is 33.2. The molecule has 4 N–H and O–H groups in total.